The summed E-state index contributed by atoms with van der Waals surface area (Å²) in [5, 5.41) is 0. The lowest BCUT2D eigenvalue weighted by molar-refractivity contribution is 0.134. The van der Waals surface area contributed by atoms with Gasteiger partial charge < -0.3 is 14.0 Å². The standard InChI is InChI=1S/C40H57N3O2/c1-8-32(23-22-31(5)45-7)28-36-20-11-12-25-42(36)29-37-39(35-19-13-16-30(4)21-24-35)41-40(43(37)26-15-27-44-6)38-33(9-2)17-14-18-34(38)10-3/h13-14,16-18,21-24,36H,8-12,15,19-20,25-29H2,1-7H3/b31-22+,32-23+. The van der Waals surface area contributed by atoms with Crippen molar-refractivity contribution in [1.29, 1.82) is 0 Å². The molecule has 0 radical (unpaired) electrons. The molecule has 1 aliphatic heterocycles. The maximum atomic E-state index is 5.62. The van der Waals surface area contributed by atoms with E-state index >= 15 is 0 Å². The highest BCUT2D eigenvalue weighted by atomic mass is 16.5. The maximum Gasteiger partial charge on any atom is 0.141 e. The third kappa shape index (κ3) is 8.98. The zero-order chi connectivity index (χ0) is 32.2. The highest BCUT2D eigenvalue weighted by molar-refractivity contribution is 5.74. The zero-order valence-electron chi connectivity index (χ0n) is 29.1. The van der Waals surface area contributed by atoms with Crippen molar-refractivity contribution in [2.75, 3.05) is 27.4 Å². The van der Waals surface area contributed by atoms with Crippen LogP contribution < -0.4 is 0 Å². The number of piperidine rings is 1. The van der Waals surface area contributed by atoms with Gasteiger partial charge >= 0.3 is 0 Å². The van der Waals surface area contributed by atoms with E-state index in [1.807, 2.05) is 6.92 Å². The first kappa shape index (κ1) is 34.7. The summed E-state index contributed by atoms with van der Waals surface area (Å²) in [4.78, 5) is 8.39. The van der Waals surface area contributed by atoms with Gasteiger partial charge in [0.2, 0.25) is 0 Å². The van der Waals surface area contributed by atoms with E-state index in [4.69, 9.17) is 14.5 Å². The van der Waals surface area contributed by atoms with Gasteiger partial charge in [-0.25, -0.2) is 4.98 Å². The van der Waals surface area contributed by atoms with Crippen molar-refractivity contribution < 1.29 is 9.47 Å². The molecule has 0 spiro atoms. The van der Waals surface area contributed by atoms with E-state index < -0.39 is 0 Å². The van der Waals surface area contributed by atoms with Crippen molar-refractivity contribution in [3.8, 4) is 11.4 Å². The predicted molar refractivity (Wildman–Crippen MR) is 190 cm³/mol. The van der Waals surface area contributed by atoms with E-state index in [-0.39, 0.29) is 0 Å². The Balaban J connectivity index is 1.86. The molecule has 2 aromatic rings. The smallest absolute Gasteiger partial charge is 0.141 e. The third-order valence-corrected chi connectivity index (χ3v) is 9.52. The van der Waals surface area contributed by atoms with Crippen molar-refractivity contribution in [2.24, 2.45) is 0 Å². The summed E-state index contributed by atoms with van der Waals surface area (Å²) in [6.45, 7) is 14.7. The number of benzene rings is 1. The average Bonchev–Trinajstić information content (AvgIpc) is 3.25. The Morgan fingerprint density at radius 2 is 1.82 bits per heavy atom. The number of nitrogens with zero attached hydrogens (tertiary/aromatic N) is 3. The van der Waals surface area contributed by atoms with Crippen LogP contribution in [-0.2, 0) is 35.4 Å². The van der Waals surface area contributed by atoms with Gasteiger partial charge in [-0.15, -0.1) is 0 Å². The summed E-state index contributed by atoms with van der Waals surface area (Å²) in [5.41, 5.74) is 10.7. The molecule has 1 fully saturated rings. The summed E-state index contributed by atoms with van der Waals surface area (Å²) in [6, 6.07) is 7.31. The van der Waals surface area contributed by atoms with E-state index in [0.717, 1.165) is 76.3 Å². The minimum Gasteiger partial charge on any atom is -0.501 e. The van der Waals surface area contributed by atoms with Crippen LogP contribution >= 0.6 is 0 Å². The second kappa shape index (κ2) is 17.5. The number of aryl methyl sites for hydroxylation is 2. The minimum atomic E-state index is 0.513. The number of rotatable bonds is 15. The number of likely N-dealkylation sites (tertiary alicyclic amines) is 1. The van der Waals surface area contributed by atoms with Gasteiger partial charge in [0.1, 0.15) is 5.82 Å². The van der Waals surface area contributed by atoms with Gasteiger partial charge in [-0.2, -0.15) is 0 Å². The number of hydrogen-bond donors (Lipinski definition) is 0. The van der Waals surface area contributed by atoms with Crippen LogP contribution in [0.25, 0.3) is 17.0 Å². The zero-order valence-corrected chi connectivity index (χ0v) is 29.1. The van der Waals surface area contributed by atoms with E-state index in [9.17, 15) is 0 Å². The van der Waals surface area contributed by atoms with Crippen LogP contribution in [0.1, 0.15) is 102 Å². The van der Waals surface area contributed by atoms with Crippen molar-refractivity contribution in [3.63, 3.8) is 0 Å². The van der Waals surface area contributed by atoms with Gasteiger partial charge in [0.05, 0.1) is 24.3 Å². The summed E-state index contributed by atoms with van der Waals surface area (Å²) in [7, 11) is 3.55. The van der Waals surface area contributed by atoms with Crippen LogP contribution in [0.4, 0.5) is 0 Å². The molecule has 5 heteroatoms. The molecule has 1 aliphatic carbocycles. The number of imidazole rings is 1. The second-order valence-electron chi connectivity index (χ2n) is 12.6. The fourth-order valence-electron chi connectivity index (χ4n) is 6.76. The quantitative estimate of drug-likeness (QED) is 0.114. The van der Waals surface area contributed by atoms with Gasteiger partial charge in [0.15, 0.2) is 0 Å². The Bertz CT molecular complexity index is 1400. The fraction of sp³-hybridized carbons (Fsp3) is 0.525. The minimum absolute atomic E-state index is 0.513. The molecule has 0 saturated carbocycles. The predicted octanol–water partition coefficient (Wildman–Crippen LogP) is 9.63. The molecule has 5 nitrogen and oxygen atoms in total. The number of methoxy groups -OCH3 is 2. The molecular formula is C40H57N3O2. The average molecular weight is 612 g/mol. The molecule has 2 heterocycles. The molecule has 1 saturated heterocycles. The Hall–Kier alpha value is -3.15. The Kier molecular flexibility index (Phi) is 13.5. The molecule has 244 valence electrons. The van der Waals surface area contributed by atoms with Crippen LogP contribution in [0.2, 0.25) is 0 Å². The molecule has 0 bridgehead atoms. The molecule has 1 unspecified atom stereocenters. The highest BCUT2D eigenvalue weighted by Crippen LogP contribution is 2.36. The lowest BCUT2D eigenvalue weighted by atomic mass is 9.93. The van der Waals surface area contributed by atoms with Gasteiger partial charge in [0, 0.05) is 38.4 Å². The van der Waals surface area contributed by atoms with Crippen LogP contribution in [0.15, 0.2) is 71.6 Å². The molecule has 0 N–H and O–H groups in total. The van der Waals surface area contributed by atoms with Gasteiger partial charge in [-0.1, -0.05) is 86.9 Å². The lowest BCUT2D eigenvalue weighted by Crippen LogP contribution is -2.40. The Morgan fingerprint density at radius 1 is 1.04 bits per heavy atom. The van der Waals surface area contributed by atoms with Crippen molar-refractivity contribution in [2.45, 2.75) is 112 Å². The molecule has 1 aromatic carbocycles. The van der Waals surface area contributed by atoms with Crippen LogP contribution in [0.3, 0.4) is 0 Å². The molecule has 1 atom stereocenters. The van der Waals surface area contributed by atoms with Gasteiger partial charge in [0.25, 0.3) is 0 Å². The molecule has 2 aliphatic rings. The van der Waals surface area contributed by atoms with E-state index in [2.05, 4.69) is 91.8 Å². The topological polar surface area (TPSA) is 39.5 Å². The first-order valence-electron chi connectivity index (χ1n) is 17.3. The number of aromatic nitrogens is 2. The number of allylic oxidation sites excluding steroid dienone is 9. The first-order valence-corrected chi connectivity index (χ1v) is 17.3. The summed E-state index contributed by atoms with van der Waals surface area (Å²) in [5.74, 6) is 2.08. The molecular weight excluding hydrogens is 554 g/mol. The summed E-state index contributed by atoms with van der Waals surface area (Å²) >= 11 is 0. The molecule has 45 heavy (non-hydrogen) atoms. The molecule has 0 amide bonds. The summed E-state index contributed by atoms with van der Waals surface area (Å²) < 4.78 is 13.6. The number of ether oxygens (including phenoxy) is 2. The number of hydrogen-bond acceptors (Lipinski definition) is 4. The maximum absolute atomic E-state index is 5.62. The van der Waals surface area contributed by atoms with Gasteiger partial charge in [-0.05, 0) is 94.5 Å². The lowest BCUT2D eigenvalue weighted by Gasteiger charge is -2.37. The van der Waals surface area contributed by atoms with Crippen molar-refractivity contribution in [1.82, 2.24) is 14.5 Å². The Morgan fingerprint density at radius 3 is 2.51 bits per heavy atom. The summed E-state index contributed by atoms with van der Waals surface area (Å²) in [6.07, 6.45) is 23.3. The largest absolute Gasteiger partial charge is 0.501 e. The SMILES string of the molecule is CC/C(=C\C=C(/C)OC)CC1CCCCN1Cc1c(C2=CC=C(C)C=CC2)nc(-c2c(CC)cccc2CC)n1CCCOC. The van der Waals surface area contributed by atoms with Crippen LogP contribution in [0, 0.1) is 0 Å². The normalized spacial score (nSPS) is 18.2. The van der Waals surface area contributed by atoms with E-state index in [1.165, 1.54) is 64.1 Å². The molecule has 1 aromatic heterocycles. The van der Waals surface area contributed by atoms with E-state index in [1.54, 1.807) is 14.2 Å². The Labute approximate surface area is 273 Å². The van der Waals surface area contributed by atoms with Crippen LogP contribution in [0.5, 0.6) is 0 Å². The van der Waals surface area contributed by atoms with E-state index in [0.29, 0.717) is 6.04 Å². The van der Waals surface area contributed by atoms with Crippen molar-refractivity contribution >= 4 is 5.57 Å². The monoisotopic (exact) mass is 611 g/mol. The third-order valence-electron chi connectivity index (χ3n) is 9.52. The highest BCUT2D eigenvalue weighted by Gasteiger charge is 2.29. The van der Waals surface area contributed by atoms with Gasteiger partial charge in [-0.3, -0.25) is 4.90 Å². The second-order valence-corrected chi connectivity index (χ2v) is 12.6. The fourth-order valence-corrected chi connectivity index (χ4v) is 6.76. The van der Waals surface area contributed by atoms with Crippen LogP contribution in [-0.4, -0.2) is 47.9 Å². The van der Waals surface area contributed by atoms with Crippen molar-refractivity contribution in [3.05, 3.63) is 94.1 Å². The molecule has 4 rings (SSSR count). The first-order chi connectivity index (χ1) is 21.9.